The Morgan fingerprint density at radius 3 is 2.46 bits per heavy atom. The first-order chi connectivity index (χ1) is 12.4. The van der Waals surface area contributed by atoms with Crippen LogP contribution in [0.15, 0.2) is 48.7 Å². The SMILES string of the molecule is Cc1ccc2c(c1)c1c(C)cc[n+](C)c1n2-c1cccc(C(C)C)c1C. The Morgan fingerprint density at radius 2 is 1.73 bits per heavy atom. The van der Waals surface area contributed by atoms with Crippen molar-refractivity contribution in [2.75, 3.05) is 0 Å². The highest BCUT2D eigenvalue weighted by molar-refractivity contribution is 6.08. The van der Waals surface area contributed by atoms with E-state index in [4.69, 9.17) is 0 Å². The molecule has 2 heteroatoms. The highest BCUT2D eigenvalue weighted by Gasteiger charge is 2.25. The zero-order valence-electron chi connectivity index (χ0n) is 16.6. The van der Waals surface area contributed by atoms with Crippen LogP contribution in [0.25, 0.3) is 27.6 Å². The number of fused-ring (bicyclic) bond motifs is 3. The van der Waals surface area contributed by atoms with E-state index in [-0.39, 0.29) is 0 Å². The lowest BCUT2D eigenvalue weighted by Gasteiger charge is -2.13. The molecule has 0 N–H and O–H groups in total. The molecule has 0 unspecified atom stereocenters. The predicted molar refractivity (Wildman–Crippen MR) is 110 cm³/mol. The molecule has 0 radical (unpaired) electrons. The van der Waals surface area contributed by atoms with Crippen LogP contribution in [0, 0.1) is 20.8 Å². The van der Waals surface area contributed by atoms with Gasteiger partial charge in [0.25, 0.3) is 5.65 Å². The van der Waals surface area contributed by atoms with Gasteiger partial charge in [-0.25, -0.2) is 4.57 Å². The van der Waals surface area contributed by atoms with Crippen LogP contribution in [-0.2, 0) is 7.05 Å². The number of benzene rings is 2. The number of nitrogens with zero attached hydrogens (tertiary/aromatic N) is 2. The first kappa shape index (κ1) is 16.8. The average molecular weight is 343 g/mol. The topological polar surface area (TPSA) is 8.81 Å². The van der Waals surface area contributed by atoms with Crippen molar-refractivity contribution in [3.05, 3.63) is 70.9 Å². The third-order valence-corrected chi connectivity index (χ3v) is 5.58. The van der Waals surface area contributed by atoms with Gasteiger partial charge in [-0.15, -0.1) is 0 Å². The van der Waals surface area contributed by atoms with Gasteiger partial charge in [0.15, 0.2) is 0 Å². The summed E-state index contributed by atoms with van der Waals surface area (Å²) < 4.78 is 4.69. The van der Waals surface area contributed by atoms with Crippen LogP contribution >= 0.6 is 0 Å². The third kappa shape index (κ3) is 2.36. The third-order valence-electron chi connectivity index (χ3n) is 5.58. The normalized spacial score (nSPS) is 11.8. The maximum Gasteiger partial charge on any atom is 0.295 e. The van der Waals surface area contributed by atoms with E-state index < -0.39 is 0 Å². The Labute approximate surface area is 155 Å². The smallest absolute Gasteiger partial charge is 0.236 e. The van der Waals surface area contributed by atoms with E-state index in [2.05, 4.69) is 99.5 Å². The second-order valence-electron chi connectivity index (χ2n) is 7.81. The lowest BCUT2D eigenvalue weighted by atomic mass is 9.97. The summed E-state index contributed by atoms with van der Waals surface area (Å²) in [4.78, 5) is 0. The van der Waals surface area contributed by atoms with Crippen LogP contribution in [0.3, 0.4) is 0 Å². The molecule has 26 heavy (non-hydrogen) atoms. The quantitative estimate of drug-likeness (QED) is 0.415. The van der Waals surface area contributed by atoms with Gasteiger partial charge in [-0.3, -0.25) is 0 Å². The van der Waals surface area contributed by atoms with Crippen molar-refractivity contribution in [3.8, 4) is 5.69 Å². The molecule has 132 valence electrons. The van der Waals surface area contributed by atoms with Gasteiger partial charge in [0.05, 0.1) is 18.6 Å². The molecule has 0 fully saturated rings. The number of rotatable bonds is 2. The summed E-state index contributed by atoms with van der Waals surface area (Å²) in [5.41, 5.74) is 9.22. The first-order valence-electron chi connectivity index (χ1n) is 9.40. The number of aromatic nitrogens is 2. The zero-order chi connectivity index (χ0) is 18.6. The van der Waals surface area contributed by atoms with Gasteiger partial charge < -0.3 is 0 Å². The standard InChI is InChI=1S/C24H27N2/c1-15(2)19-8-7-9-21(18(19)5)26-22-11-10-16(3)14-20(22)23-17(4)12-13-25(6)24(23)26/h7-15H,1-6H3/q+1. The molecule has 0 amide bonds. The summed E-state index contributed by atoms with van der Waals surface area (Å²) in [5, 5.41) is 2.69. The summed E-state index contributed by atoms with van der Waals surface area (Å²) in [7, 11) is 2.14. The van der Waals surface area contributed by atoms with Crippen molar-refractivity contribution >= 4 is 21.9 Å². The fourth-order valence-electron chi connectivity index (χ4n) is 4.24. The molecule has 0 saturated heterocycles. The van der Waals surface area contributed by atoms with Crippen molar-refractivity contribution in [2.45, 2.75) is 40.5 Å². The molecule has 2 aromatic carbocycles. The predicted octanol–water partition coefficient (Wildman–Crippen LogP) is 5.66. The molecule has 0 aliphatic heterocycles. The Balaban J connectivity index is 2.23. The van der Waals surface area contributed by atoms with E-state index >= 15 is 0 Å². The van der Waals surface area contributed by atoms with Gasteiger partial charge in [-0.05, 0) is 67.6 Å². The highest BCUT2D eigenvalue weighted by atomic mass is 15.1. The molecular formula is C24H27N2+. The lowest BCUT2D eigenvalue weighted by Crippen LogP contribution is -2.30. The molecule has 0 aliphatic carbocycles. The summed E-state index contributed by atoms with van der Waals surface area (Å²) >= 11 is 0. The van der Waals surface area contributed by atoms with E-state index in [1.807, 2.05) is 0 Å². The molecule has 0 bridgehead atoms. The molecular weight excluding hydrogens is 316 g/mol. The van der Waals surface area contributed by atoms with Gasteiger partial charge in [0.1, 0.15) is 11.2 Å². The largest absolute Gasteiger partial charge is 0.295 e. The number of pyridine rings is 1. The van der Waals surface area contributed by atoms with Gasteiger partial charge >= 0.3 is 0 Å². The summed E-state index contributed by atoms with van der Waals surface area (Å²) in [6.07, 6.45) is 2.17. The molecule has 0 saturated carbocycles. The molecule has 0 spiro atoms. The van der Waals surface area contributed by atoms with Crippen molar-refractivity contribution < 1.29 is 4.57 Å². The second-order valence-corrected chi connectivity index (χ2v) is 7.81. The van der Waals surface area contributed by atoms with Crippen molar-refractivity contribution in [2.24, 2.45) is 7.05 Å². The van der Waals surface area contributed by atoms with Crippen LogP contribution in [0.4, 0.5) is 0 Å². The Hall–Kier alpha value is -2.61. The van der Waals surface area contributed by atoms with E-state index in [1.165, 1.54) is 49.9 Å². The van der Waals surface area contributed by atoms with Crippen LogP contribution < -0.4 is 4.57 Å². The van der Waals surface area contributed by atoms with Crippen molar-refractivity contribution in [1.29, 1.82) is 0 Å². The van der Waals surface area contributed by atoms with E-state index in [1.54, 1.807) is 0 Å². The first-order valence-corrected chi connectivity index (χ1v) is 9.40. The van der Waals surface area contributed by atoms with E-state index in [9.17, 15) is 0 Å². The van der Waals surface area contributed by atoms with Crippen LogP contribution in [0.5, 0.6) is 0 Å². The second kappa shape index (κ2) is 5.98. The van der Waals surface area contributed by atoms with Gasteiger partial charge in [-0.1, -0.05) is 37.6 Å². The monoisotopic (exact) mass is 343 g/mol. The number of aryl methyl sites for hydroxylation is 3. The summed E-state index contributed by atoms with van der Waals surface area (Å²) in [6.45, 7) is 11.2. The molecule has 4 aromatic rings. The molecule has 0 aliphatic rings. The average Bonchev–Trinajstić information content (AvgIpc) is 2.93. The highest BCUT2D eigenvalue weighted by Crippen LogP contribution is 2.35. The van der Waals surface area contributed by atoms with Crippen LogP contribution in [0.2, 0.25) is 0 Å². The van der Waals surface area contributed by atoms with E-state index in [0.717, 1.165) is 0 Å². The van der Waals surface area contributed by atoms with E-state index in [0.29, 0.717) is 5.92 Å². The molecule has 0 atom stereocenters. The minimum Gasteiger partial charge on any atom is -0.236 e. The molecule has 4 rings (SSSR count). The van der Waals surface area contributed by atoms with Crippen LogP contribution in [0.1, 0.15) is 42.0 Å². The minimum atomic E-state index is 0.515. The number of hydrogen-bond acceptors (Lipinski definition) is 0. The lowest BCUT2D eigenvalue weighted by molar-refractivity contribution is -0.647. The van der Waals surface area contributed by atoms with Gasteiger partial charge in [0.2, 0.25) is 0 Å². The van der Waals surface area contributed by atoms with Crippen LogP contribution in [-0.4, -0.2) is 4.57 Å². The Kier molecular flexibility index (Phi) is 3.87. The van der Waals surface area contributed by atoms with Crippen molar-refractivity contribution in [1.82, 2.24) is 4.57 Å². The minimum absolute atomic E-state index is 0.515. The summed E-state index contributed by atoms with van der Waals surface area (Å²) in [5.74, 6) is 0.515. The van der Waals surface area contributed by atoms with Gasteiger partial charge in [-0.2, -0.15) is 4.57 Å². The summed E-state index contributed by atoms with van der Waals surface area (Å²) in [6, 6.07) is 15.7. The van der Waals surface area contributed by atoms with Crippen molar-refractivity contribution in [3.63, 3.8) is 0 Å². The maximum atomic E-state index is 2.44. The molecule has 2 heterocycles. The van der Waals surface area contributed by atoms with Gasteiger partial charge in [0, 0.05) is 5.39 Å². The Morgan fingerprint density at radius 1 is 0.962 bits per heavy atom. The zero-order valence-corrected chi connectivity index (χ0v) is 16.6. The molecule has 2 nitrogen and oxygen atoms in total. The Bertz CT molecular complexity index is 1150. The maximum absolute atomic E-state index is 2.44. The molecule has 2 aromatic heterocycles. The fraction of sp³-hybridized carbons (Fsp3) is 0.292. The number of hydrogen-bond donors (Lipinski definition) is 0. The fourth-order valence-corrected chi connectivity index (χ4v) is 4.24.